The van der Waals surface area contributed by atoms with Gasteiger partial charge in [-0.15, -0.1) is 0 Å². The molecule has 0 rings (SSSR count). The number of ether oxygens (including phenoxy) is 1. The molecule has 0 aromatic carbocycles. The van der Waals surface area contributed by atoms with Gasteiger partial charge in [0, 0.05) is 30.0 Å². The van der Waals surface area contributed by atoms with Crippen molar-refractivity contribution < 1.29 is 44.3 Å². The van der Waals surface area contributed by atoms with Gasteiger partial charge in [0.15, 0.2) is 11.6 Å². The zero-order chi connectivity index (χ0) is 18.6. The fourth-order valence-electron chi connectivity index (χ4n) is 1.97. The number of aliphatic hydroxyl groups is 4. The summed E-state index contributed by atoms with van der Waals surface area (Å²) in [4.78, 5) is 47.1. The Hall–Kier alpha value is -1.24. The maximum Gasteiger partial charge on any atom is 0.304 e. The number of rotatable bonds is 9. The molecule has 0 aromatic rings. The van der Waals surface area contributed by atoms with Crippen molar-refractivity contribution in [3.63, 3.8) is 0 Å². The Labute approximate surface area is 139 Å². The van der Waals surface area contributed by atoms with Crippen molar-refractivity contribution in [2.45, 2.75) is 44.3 Å². The summed E-state index contributed by atoms with van der Waals surface area (Å²) in [6, 6.07) is 0. The average Bonchev–Trinajstić information content (AvgIpc) is 2.48. The second-order valence-corrected chi connectivity index (χ2v) is 5.17. The summed E-state index contributed by atoms with van der Waals surface area (Å²) in [5.74, 6) is -5.42. The van der Waals surface area contributed by atoms with Crippen LogP contribution in [-0.2, 0) is 23.9 Å². The third-order valence-electron chi connectivity index (χ3n) is 3.09. The Bertz CT molecular complexity index is 511. The van der Waals surface area contributed by atoms with Crippen molar-refractivity contribution in [3.8, 4) is 0 Å². The fraction of sp³-hybridized carbons (Fsp3) is 0.667. The van der Waals surface area contributed by atoms with Crippen LogP contribution in [0.25, 0.3) is 0 Å². The minimum Gasteiger partial charge on any atom is -0.438 e. The largest absolute Gasteiger partial charge is 0.438 e. The maximum absolute atomic E-state index is 12.2. The molecule has 4 atom stereocenters. The van der Waals surface area contributed by atoms with E-state index in [2.05, 4.69) is 20.9 Å². The summed E-state index contributed by atoms with van der Waals surface area (Å²) in [6.07, 6.45) is -4.45. The van der Waals surface area contributed by atoms with E-state index in [1.807, 2.05) is 4.34 Å². The molecule has 11 heteroatoms. The normalized spacial score (nSPS) is 19.0. The zero-order valence-corrected chi connectivity index (χ0v) is 14.2. The van der Waals surface area contributed by atoms with Crippen LogP contribution in [0.4, 0.5) is 0 Å². The maximum atomic E-state index is 12.2. The zero-order valence-electron chi connectivity index (χ0n) is 12.6. The Morgan fingerprint density at radius 2 is 1.65 bits per heavy atom. The van der Waals surface area contributed by atoms with Crippen LogP contribution in [0.1, 0.15) is 20.8 Å². The summed E-state index contributed by atoms with van der Waals surface area (Å²) in [5.41, 5.74) is -6.35. The molecule has 0 radical (unpaired) electrons. The Morgan fingerprint density at radius 1 is 1.17 bits per heavy atom. The Kier molecular flexibility index (Phi) is 7.60. The van der Waals surface area contributed by atoms with Gasteiger partial charge in [-0.3, -0.25) is 19.2 Å². The highest BCUT2D eigenvalue weighted by Crippen LogP contribution is 2.33. The SMILES string of the molecule is CC(=O)O[C@@](C(C)=O)(C(=O)C(C)=O)C(O)(NBr)C(O)C(O)CO. The predicted octanol–water partition coefficient (Wildman–Crippen LogP) is -2.66. The van der Waals surface area contributed by atoms with Gasteiger partial charge in [-0.25, -0.2) is 4.34 Å². The number of hydrogen-bond donors (Lipinski definition) is 5. The van der Waals surface area contributed by atoms with E-state index < -0.39 is 53.5 Å². The molecule has 0 aromatic heterocycles. The molecule has 0 aliphatic carbocycles. The van der Waals surface area contributed by atoms with Crippen LogP contribution in [0.3, 0.4) is 0 Å². The lowest BCUT2D eigenvalue weighted by atomic mass is 9.77. The van der Waals surface area contributed by atoms with Crippen molar-refractivity contribution in [2.24, 2.45) is 0 Å². The number of nitrogens with one attached hydrogen (secondary N) is 1. The number of ketones is 3. The highest BCUT2D eigenvalue weighted by molar-refractivity contribution is 9.08. The number of Topliss-reactive ketones (excluding diaryl/α,β-unsaturated/α-hetero) is 3. The first-order valence-electron chi connectivity index (χ1n) is 6.25. The first-order valence-corrected chi connectivity index (χ1v) is 7.04. The summed E-state index contributed by atoms with van der Waals surface area (Å²) in [7, 11) is 0. The first-order chi connectivity index (χ1) is 10.4. The highest BCUT2D eigenvalue weighted by Gasteiger charge is 2.67. The minimum atomic E-state index is -3.19. The van der Waals surface area contributed by atoms with Gasteiger partial charge in [-0.1, -0.05) is 0 Å². The lowest BCUT2D eigenvalue weighted by Crippen LogP contribution is -2.77. The van der Waals surface area contributed by atoms with Crippen LogP contribution < -0.4 is 4.34 Å². The van der Waals surface area contributed by atoms with Crippen LogP contribution in [0.5, 0.6) is 0 Å². The number of carbonyl (C=O) groups excluding carboxylic acids is 4. The molecule has 0 saturated heterocycles. The van der Waals surface area contributed by atoms with Gasteiger partial charge in [-0.2, -0.15) is 0 Å². The molecule has 0 amide bonds. The van der Waals surface area contributed by atoms with E-state index in [9.17, 15) is 34.5 Å². The molecule has 5 N–H and O–H groups in total. The van der Waals surface area contributed by atoms with Crippen LogP contribution in [0, 0.1) is 0 Å². The van der Waals surface area contributed by atoms with Crippen LogP contribution in [0.15, 0.2) is 0 Å². The quantitative estimate of drug-likeness (QED) is 0.0905. The minimum absolute atomic E-state index is 0.733. The lowest BCUT2D eigenvalue weighted by Gasteiger charge is -2.44. The van der Waals surface area contributed by atoms with Crippen molar-refractivity contribution in [3.05, 3.63) is 0 Å². The van der Waals surface area contributed by atoms with Crippen LogP contribution >= 0.6 is 16.1 Å². The third kappa shape index (κ3) is 3.82. The summed E-state index contributed by atoms with van der Waals surface area (Å²) in [5, 5.41) is 39.0. The van der Waals surface area contributed by atoms with Crippen LogP contribution in [0.2, 0.25) is 0 Å². The predicted molar refractivity (Wildman–Crippen MR) is 77.0 cm³/mol. The summed E-state index contributed by atoms with van der Waals surface area (Å²) >= 11 is 2.52. The number of halogens is 1. The van der Waals surface area contributed by atoms with Gasteiger partial charge in [0.2, 0.25) is 5.72 Å². The van der Waals surface area contributed by atoms with Crippen molar-refractivity contribution >= 4 is 39.5 Å². The Balaban J connectivity index is 6.58. The third-order valence-corrected chi connectivity index (χ3v) is 3.70. The van der Waals surface area contributed by atoms with Gasteiger partial charge < -0.3 is 25.2 Å². The molecule has 0 saturated carbocycles. The van der Waals surface area contributed by atoms with Crippen molar-refractivity contribution in [2.75, 3.05) is 6.61 Å². The van der Waals surface area contributed by atoms with E-state index in [4.69, 9.17) is 5.11 Å². The fourth-order valence-corrected chi connectivity index (χ4v) is 2.48. The molecule has 0 heterocycles. The van der Waals surface area contributed by atoms with Gasteiger partial charge in [-0.05, 0) is 6.92 Å². The number of aliphatic hydroxyl groups excluding tert-OH is 3. The van der Waals surface area contributed by atoms with E-state index >= 15 is 0 Å². The number of esters is 1. The topological polar surface area (TPSA) is 170 Å². The van der Waals surface area contributed by atoms with Gasteiger partial charge in [0.25, 0.3) is 11.4 Å². The summed E-state index contributed by atoms with van der Waals surface area (Å²) in [6.45, 7) is 1.22. The number of hydrogen-bond acceptors (Lipinski definition) is 10. The molecule has 0 spiro atoms. The van der Waals surface area contributed by atoms with Crippen molar-refractivity contribution in [1.29, 1.82) is 0 Å². The monoisotopic (exact) mass is 399 g/mol. The molecule has 0 fully saturated rings. The smallest absolute Gasteiger partial charge is 0.304 e. The van der Waals surface area contributed by atoms with Gasteiger partial charge in [0.1, 0.15) is 12.2 Å². The average molecular weight is 400 g/mol. The summed E-state index contributed by atoms with van der Waals surface area (Å²) < 4.78 is 6.47. The second kappa shape index (κ2) is 8.04. The molecule has 0 aliphatic rings. The van der Waals surface area contributed by atoms with E-state index in [0.29, 0.717) is 0 Å². The second-order valence-electron chi connectivity index (χ2n) is 4.77. The standard InChI is InChI=1S/C12H18BrNO9/c1-5(16)9(20)11(6(2)17,23-7(3)18)12(22,14-13)10(21)8(19)4-15/h8,10,14-15,19,21-22H,4H2,1-3H3/t8?,10?,11-,12?/m0/s1. The van der Waals surface area contributed by atoms with E-state index in [1.165, 1.54) is 0 Å². The molecule has 132 valence electrons. The Morgan fingerprint density at radius 3 is 1.91 bits per heavy atom. The molecule has 10 nitrogen and oxygen atoms in total. The highest BCUT2D eigenvalue weighted by atomic mass is 79.9. The van der Waals surface area contributed by atoms with Gasteiger partial charge >= 0.3 is 5.97 Å². The molecule has 3 unspecified atom stereocenters. The lowest BCUT2D eigenvalue weighted by molar-refractivity contribution is -0.232. The number of carbonyl (C=O) groups is 4. The molecule has 0 bridgehead atoms. The van der Waals surface area contributed by atoms with E-state index in [-0.39, 0.29) is 0 Å². The van der Waals surface area contributed by atoms with E-state index in [1.54, 1.807) is 0 Å². The molecule has 23 heavy (non-hydrogen) atoms. The molecular formula is C12H18BrNO9. The van der Waals surface area contributed by atoms with Gasteiger partial charge in [0.05, 0.1) is 6.61 Å². The molecular weight excluding hydrogens is 382 g/mol. The van der Waals surface area contributed by atoms with Crippen molar-refractivity contribution in [1.82, 2.24) is 4.34 Å². The molecule has 0 aliphatic heterocycles. The van der Waals surface area contributed by atoms with E-state index in [0.717, 1.165) is 20.8 Å². The van der Waals surface area contributed by atoms with Crippen LogP contribution in [-0.4, -0.2) is 73.9 Å². The first kappa shape index (κ1) is 21.8.